The van der Waals surface area contributed by atoms with E-state index in [-0.39, 0.29) is 37.6 Å². The van der Waals surface area contributed by atoms with Crippen molar-refractivity contribution in [2.75, 3.05) is 26.4 Å². The molecule has 2 heterocycles. The summed E-state index contributed by atoms with van der Waals surface area (Å²) in [5.41, 5.74) is 3.42. The highest BCUT2D eigenvalue weighted by Gasteiger charge is 2.23. The lowest BCUT2D eigenvalue weighted by Crippen LogP contribution is -2.18. The average Bonchev–Trinajstić information content (AvgIpc) is 3.38. The number of nitrogens with one attached hydrogen (secondary N) is 2. The zero-order valence-corrected chi connectivity index (χ0v) is 21.4. The Bertz CT molecular complexity index is 1050. The minimum absolute atomic E-state index is 0.113. The molecule has 0 aliphatic carbocycles. The molecule has 2 aromatic heterocycles. The van der Waals surface area contributed by atoms with Crippen molar-refractivity contribution in [1.29, 1.82) is 0 Å². The van der Waals surface area contributed by atoms with Crippen LogP contribution < -0.4 is 0 Å². The molecule has 0 aliphatic rings. The summed E-state index contributed by atoms with van der Waals surface area (Å²) < 4.78 is 20.0. The van der Waals surface area contributed by atoms with E-state index in [9.17, 15) is 19.2 Å². The van der Waals surface area contributed by atoms with E-state index < -0.39 is 23.9 Å². The van der Waals surface area contributed by atoms with Crippen molar-refractivity contribution in [2.24, 2.45) is 0 Å². The van der Waals surface area contributed by atoms with E-state index in [1.807, 2.05) is 26.0 Å². The molecular formula is C26H32N2O8. The Balaban J connectivity index is 2.48. The topological polar surface area (TPSA) is 137 Å². The Hall–Kier alpha value is -4.08. The molecule has 0 aromatic carbocycles. The maximum atomic E-state index is 12.3. The first-order valence-electron chi connectivity index (χ1n) is 11.7. The Morgan fingerprint density at radius 2 is 0.889 bits per heavy atom. The van der Waals surface area contributed by atoms with Crippen LogP contribution in [0.1, 0.15) is 50.2 Å². The van der Waals surface area contributed by atoms with Crippen LogP contribution >= 0.6 is 0 Å². The number of aromatic nitrogens is 2. The van der Waals surface area contributed by atoms with Crippen LogP contribution in [0.2, 0.25) is 0 Å². The average molecular weight is 501 g/mol. The molecule has 2 aromatic rings. The Kier molecular flexibility index (Phi) is 10.3. The van der Waals surface area contributed by atoms with Gasteiger partial charge in [0.05, 0.1) is 37.8 Å². The standard InChI is InChI=1S/C26H32N2O8/c1-7-33-23(29)17(24(30)34-8-2)13-19-15(5)11-21(27-19)22-12-16(6)20(28-22)14-18(25(31)35-9-3)26(32)36-10-4/h11-14,27-28H,7-10H2,1-6H3. The smallest absolute Gasteiger partial charge is 0.345 e. The number of hydrogen-bond donors (Lipinski definition) is 2. The second-order valence-corrected chi connectivity index (χ2v) is 7.56. The normalized spacial score (nSPS) is 10.3. The molecule has 0 saturated heterocycles. The van der Waals surface area contributed by atoms with E-state index in [2.05, 4.69) is 9.97 Å². The SMILES string of the molecule is CCOC(=O)C(=Cc1[nH]c(-c2cc(C)c(C=C(C(=O)OCC)C(=O)OCC)[nH]2)cc1C)C(=O)OCC. The lowest BCUT2D eigenvalue weighted by atomic mass is 10.1. The van der Waals surface area contributed by atoms with Gasteiger partial charge in [0, 0.05) is 11.4 Å². The first-order valence-corrected chi connectivity index (χ1v) is 11.7. The lowest BCUT2D eigenvalue weighted by molar-refractivity contribution is -0.148. The molecule has 0 fully saturated rings. The summed E-state index contributed by atoms with van der Waals surface area (Å²) in [6, 6.07) is 3.66. The van der Waals surface area contributed by atoms with Crippen LogP contribution in [0.25, 0.3) is 23.5 Å². The summed E-state index contributed by atoms with van der Waals surface area (Å²) >= 11 is 0. The van der Waals surface area contributed by atoms with Gasteiger partial charge in [-0.15, -0.1) is 0 Å². The fraction of sp³-hybridized carbons (Fsp3) is 0.385. The van der Waals surface area contributed by atoms with Crippen LogP contribution in [-0.2, 0) is 38.1 Å². The van der Waals surface area contributed by atoms with Crippen LogP contribution in [0.3, 0.4) is 0 Å². The van der Waals surface area contributed by atoms with Crippen molar-refractivity contribution in [3.05, 3.63) is 45.8 Å². The van der Waals surface area contributed by atoms with E-state index >= 15 is 0 Å². The number of carbonyl (C=O) groups excluding carboxylic acids is 4. The molecule has 194 valence electrons. The molecule has 36 heavy (non-hydrogen) atoms. The molecule has 2 rings (SSSR count). The number of carbonyl (C=O) groups is 4. The zero-order chi connectivity index (χ0) is 26.8. The van der Waals surface area contributed by atoms with Gasteiger partial charge in [-0.2, -0.15) is 0 Å². The molecule has 2 N–H and O–H groups in total. The van der Waals surface area contributed by atoms with Gasteiger partial charge in [-0.3, -0.25) is 0 Å². The maximum Gasteiger partial charge on any atom is 0.345 e. The molecule has 0 spiro atoms. The third kappa shape index (κ3) is 6.97. The van der Waals surface area contributed by atoms with Gasteiger partial charge in [0.15, 0.2) is 0 Å². The van der Waals surface area contributed by atoms with Crippen molar-refractivity contribution < 1.29 is 38.1 Å². The minimum atomic E-state index is -0.778. The monoisotopic (exact) mass is 500 g/mol. The molecule has 0 amide bonds. The molecule has 0 bridgehead atoms. The Morgan fingerprint density at radius 3 is 1.14 bits per heavy atom. The number of ether oxygens (including phenoxy) is 4. The minimum Gasteiger partial charge on any atom is -0.462 e. The van der Waals surface area contributed by atoms with Gasteiger partial charge in [-0.05, 0) is 77.0 Å². The quantitative estimate of drug-likeness (QED) is 0.157. The van der Waals surface area contributed by atoms with Crippen molar-refractivity contribution in [3.8, 4) is 11.4 Å². The van der Waals surface area contributed by atoms with Gasteiger partial charge in [-0.1, -0.05) is 0 Å². The zero-order valence-electron chi connectivity index (χ0n) is 21.4. The van der Waals surface area contributed by atoms with Crippen molar-refractivity contribution in [2.45, 2.75) is 41.5 Å². The number of aromatic amines is 2. The van der Waals surface area contributed by atoms with E-state index in [0.29, 0.717) is 22.8 Å². The van der Waals surface area contributed by atoms with E-state index in [4.69, 9.17) is 18.9 Å². The predicted molar refractivity (Wildman–Crippen MR) is 133 cm³/mol. The summed E-state index contributed by atoms with van der Waals surface area (Å²) in [6.45, 7) is 10.7. The second kappa shape index (κ2) is 13.1. The molecule has 10 nitrogen and oxygen atoms in total. The fourth-order valence-electron chi connectivity index (χ4n) is 3.26. The highest BCUT2D eigenvalue weighted by atomic mass is 16.6. The van der Waals surface area contributed by atoms with Gasteiger partial charge < -0.3 is 28.9 Å². The van der Waals surface area contributed by atoms with Crippen LogP contribution in [0, 0.1) is 13.8 Å². The highest BCUT2D eigenvalue weighted by molar-refractivity contribution is 6.18. The van der Waals surface area contributed by atoms with E-state index in [1.165, 1.54) is 12.2 Å². The van der Waals surface area contributed by atoms with Crippen LogP contribution in [0.15, 0.2) is 23.3 Å². The Labute approximate surface area is 209 Å². The van der Waals surface area contributed by atoms with Crippen molar-refractivity contribution >= 4 is 36.0 Å². The van der Waals surface area contributed by atoms with Crippen molar-refractivity contribution in [1.82, 2.24) is 9.97 Å². The first kappa shape index (κ1) is 28.2. The lowest BCUT2D eigenvalue weighted by Gasteiger charge is -2.06. The fourth-order valence-corrected chi connectivity index (χ4v) is 3.26. The molecule has 0 aliphatic heterocycles. The van der Waals surface area contributed by atoms with E-state index in [1.54, 1.807) is 27.7 Å². The highest BCUT2D eigenvalue weighted by Crippen LogP contribution is 2.26. The Morgan fingerprint density at radius 1 is 0.611 bits per heavy atom. The molecule has 0 radical (unpaired) electrons. The summed E-state index contributed by atoms with van der Waals surface area (Å²) in [7, 11) is 0. The molecule has 0 saturated carbocycles. The summed E-state index contributed by atoms with van der Waals surface area (Å²) in [5, 5.41) is 0. The number of hydrogen-bond acceptors (Lipinski definition) is 8. The number of H-pyrrole nitrogens is 2. The molecule has 10 heteroatoms. The van der Waals surface area contributed by atoms with Crippen LogP contribution in [-0.4, -0.2) is 60.3 Å². The number of rotatable bonds is 11. The first-order chi connectivity index (χ1) is 17.2. The molecule has 0 unspecified atom stereocenters. The summed E-state index contributed by atoms with van der Waals surface area (Å²) in [5.74, 6) is -3.11. The maximum absolute atomic E-state index is 12.3. The van der Waals surface area contributed by atoms with Gasteiger partial charge in [-0.25, -0.2) is 19.2 Å². The number of esters is 4. The largest absolute Gasteiger partial charge is 0.462 e. The van der Waals surface area contributed by atoms with Crippen LogP contribution in [0.4, 0.5) is 0 Å². The van der Waals surface area contributed by atoms with Gasteiger partial charge in [0.1, 0.15) is 11.1 Å². The predicted octanol–water partition coefficient (Wildman–Crippen LogP) is 3.65. The van der Waals surface area contributed by atoms with Gasteiger partial charge in [0.2, 0.25) is 0 Å². The van der Waals surface area contributed by atoms with Crippen LogP contribution in [0.5, 0.6) is 0 Å². The second-order valence-electron chi connectivity index (χ2n) is 7.56. The summed E-state index contributed by atoms with van der Waals surface area (Å²) in [6.07, 6.45) is 2.79. The molecular weight excluding hydrogens is 468 g/mol. The summed E-state index contributed by atoms with van der Waals surface area (Å²) in [4.78, 5) is 55.6. The number of aryl methyl sites for hydroxylation is 2. The van der Waals surface area contributed by atoms with E-state index in [0.717, 1.165) is 11.1 Å². The molecule has 0 atom stereocenters. The van der Waals surface area contributed by atoms with Crippen molar-refractivity contribution in [3.63, 3.8) is 0 Å². The van der Waals surface area contributed by atoms with Gasteiger partial charge >= 0.3 is 23.9 Å². The third-order valence-electron chi connectivity index (χ3n) is 4.96. The third-order valence-corrected chi connectivity index (χ3v) is 4.96. The van der Waals surface area contributed by atoms with Gasteiger partial charge in [0.25, 0.3) is 0 Å².